The third-order valence-corrected chi connectivity index (χ3v) is 4.81. The van der Waals surface area contributed by atoms with Gasteiger partial charge >= 0.3 is 17.8 Å². The average Bonchev–Trinajstić information content (AvgIpc) is 2.82. The third-order valence-electron chi connectivity index (χ3n) is 4.81. The molecule has 0 aliphatic rings. The van der Waals surface area contributed by atoms with E-state index in [2.05, 4.69) is 20.9 Å². The number of azo groups is 1. The van der Waals surface area contributed by atoms with Gasteiger partial charge in [0.2, 0.25) is 5.91 Å². The van der Waals surface area contributed by atoms with Crippen molar-refractivity contribution in [3.05, 3.63) is 48.0 Å². The van der Waals surface area contributed by atoms with Gasteiger partial charge < -0.3 is 31.7 Å². The first kappa shape index (κ1) is 26.9. The molecule has 0 unspecified atom stereocenters. The smallest absolute Gasteiger partial charge is 0.394 e. The molecule has 0 aliphatic carbocycles. The number of phenols is 1. The fourth-order valence-electron chi connectivity index (χ4n) is 2.99. The SMILES string of the molecule is NCCCCCC(=O)N[C@H](Cc1ccc(O)c(N=Nc2ccc(NC(=O)C(=O)O)cc2)c1)C(=O)O. The molecule has 0 saturated heterocycles. The normalized spacial score (nSPS) is 11.7. The van der Waals surface area contributed by atoms with Crippen molar-refractivity contribution in [3.8, 4) is 5.75 Å². The fourth-order valence-corrected chi connectivity index (χ4v) is 2.99. The molecule has 0 aliphatic heterocycles. The molecule has 0 bridgehead atoms. The molecule has 0 saturated carbocycles. The maximum absolute atomic E-state index is 12.1. The van der Waals surface area contributed by atoms with Gasteiger partial charge in [0.15, 0.2) is 0 Å². The summed E-state index contributed by atoms with van der Waals surface area (Å²) in [5.41, 5.74) is 6.62. The number of hydrogen-bond acceptors (Lipinski definition) is 8. The number of carbonyl (C=O) groups is 4. The second-order valence-corrected chi connectivity index (χ2v) is 7.59. The predicted molar refractivity (Wildman–Crippen MR) is 126 cm³/mol. The molecular weight excluding hydrogens is 458 g/mol. The number of phenolic OH excluding ortho intramolecular Hbond substituents is 1. The molecule has 1 atom stereocenters. The van der Waals surface area contributed by atoms with Gasteiger partial charge in [0.05, 0.1) is 5.69 Å². The van der Waals surface area contributed by atoms with E-state index in [0.717, 1.165) is 12.8 Å². The number of carboxylic acids is 2. The van der Waals surface area contributed by atoms with Crippen molar-refractivity contribution in [2.45, 2.75) is 38.1 Å². The molecule has 2 rings (SSSR count). The van der Waals surface area contributed by atoms with E-state index in [-0.39, 0.29) is 35.9 Å². The lowest BCUT2D eigenvalue weighted by molar-refractivity contribution is -0.147. The first-order valence-corrected chi connectivity index (χ1v) is 10.8. The minimum absolute atomic E-state index is 0.0232. The summed E-state index contributed by atoms with van der Waals surface area (Å²) in [6.45, 7) is 0.538. The lowest BCUT2D eigenvalue weighted by Gasteiger charge is -2.15. The van der Waals surface area contributed by atoms with E-state index >= 15 is 0 Å². The van der Waals surface area contributed by atoms with E-state index in [4.69, 9.17) is 10.8 Å². The van der Waals surface area contributed by atoms with E-state index < -0.39 is 23.9 Å². The number of aliphatic carboxylic acids is 2. The first-order valence-electron chi connectivity index (χ1n) is 10.8. The second kappa shape index (κ2) is 13.4. The molecule has 186 valence electrons. The molecule has 7 N–H and O–H groups in total. The molecule has 0 radical (unpaired) electrons. The van der Waals surface area contributed by atoms with Crippen LogP contribution in [-0.2, 0) is 25.6 Å². The Kier molecular flexibility index (Phi) is 10.3. The number of aromatic hydroxyl groups is 1. The van der Waals surface area contributed by atoms with E-state index in [0.29, 0.717) is 24.2 Å². The second-order valence-electron chi connectivity index (χ2n) is 7.59. The number of benzene rings is 2. The Balaban J connectivity index is 2.05. The first-order chi connectivity index (χ1) is 16.7. The van der Waals surface area contributed by atoms with Gasteiger partial charge in [0, 0.05) is 18.5 Å². The lowest BCUT2D eigenvalue weighted by atomic mass is 10.0. The van der Waals surface area contributed by atoms with Gasteiger partial charge in [0.1, 0.15) is 17.5 Å². The van der Waals surface area contributed by atoms with Crippen LogP contribution in [0.25, 0.3) is 0 Å². The molecule has 2 aromatic rings. The fraction of sp³-hybridized carbons (Fsp3) is 0.304. The number of hydrogen-bond donors (Lipinski definition) is 6. The van der Waals surface area contributed by atoms with Crippen molar-refractivity contribution in [3.63, 3.8) is 0 Å². The highest BCUT2D eigenvalue weighted by Crippen LogP contribution is 2.30. The summed E-state index contributed by atoms with van der Waals surface area (Å²) in [4.78, 5) is 45.5. The molecule has 12 nitrogen and oxygen atoms in total. The van der Waals surface area contributed by atoms with Gasteiger partial charge in [-0.05, 0) is 61.3 Å². The minimum Gasteiger partial charge on any atom is -0.506 e. The van der Waals surface area contributed by atoms with Gasteiger partial charge in [0.25, 0.3) is 0 Å². The van der Waals surface area contributed by atoms with Crippen LogP contribution in [0.5, 0.6) is 5.75 Å². The number of anilines is 1. The Labute approximate surface area is 200 Å². The number of nitrogens with zero attached hydrogens (tertiary/aromatic N) is 2. The summed E-state index contributed by atoms with van der Waals surface area (Å²) in [5, 5.41) is 40.8. The van der Waals surface area contributed by atoms with Crippen LogP contribution in [0.1, 0.15) is 31.2 Å². The lowest BCUT2D eigenvalue weighted by Crippen LogP contribution is -2.42. The molecule has 2 amide bonds. The molecule has 0 fully saturated rings. The summed E-state index contributed by atoms with van der Waals surface area (Å²) in [5.74, 6) is -4.53. The summed E-state index contributed by atoms with van der Waals surface area (Å²) >= 11 is 0. The number of amides is 2. The van der Waals surface area contributed by atoms with Crippen LogP contribution in [0.15, 0.2) is 52.7 Å². The zero-order valence-electron chi connectivity index (χ0n) is 18.8. The molecule has 12 heteroatoms. The van der Waals surface area contributed by atoms with Gasteiger partial charge in [-0.15, -0.1) is 5.11 Å². The highest BCUT2D eigenvalue weighted by Gasteiger charge is 2.21. The standard InChI is InChI=1S/C23H27N5O7/c24-11-3-1-2-4-20(30)26-18(22(32)33)13-14-5-10-19(29)17(12-14)28-27-16-8-6-15(7-9-16)25-21(31)23(34)35/h5-10,12,18,29H,1-4,11,13,24H2,(H,25,31)(H,26,30)(H,32,33)(H,34,35)/t18-/m1/s1. The number of carboxylic acid groups (broad SMARTS) is 2. The molecule has 0 aromatic heterocycles. The highest BCUT2D eigenvalue weighted by molar-refractivity contribution is 6.36. The molecule has 35 heavy (non-hydrogen) atoms. The van der Waals surface area contributed by atoms with Crippen molar-refractivity contribution < 1.29 is 34.5 Å². The van der Waals surface area contributed by atoms with Crippen molar-refractivity contribution in [1.82, 2.24) is 5.32 Å². The third kappa shape index (κ3) is 9.21. The van der Waals surface area contributed by atoms with Crippen LogP contribution in [0.3, 0.4) is 0 Å². The van der Waals surface area contributed by atoms with Gasteiger partial charge in [-0.3, -0.25) is 9.59 Å². The zero-order valence-corrected chi connectivity index (χ0v) is 18.8. The minimum atomic E-state index is -1.61. The van der Waals surface area contributed by atoms with Crippen molar-refractivity contribution in [2.75, 3.05) is 11.9 Å². The highest BCUT2D eigenvalue weighted by atomic mass is 16.4. The van der Waals surface area contributed by atoms with Crippen LogP contribution >= 0.6 is 0 Å². The van der Waals surface area contributed by atoms with Crippen molar-refractivity contribution in [1.29, 1.82) is 0 Å². The summed E-state index contributed by atoms with van der Waals surface area (Å²) in [7, 11) is 0. The van der Waals surface area contributed by atoms with Crippen LogP contribution in [-0.4, -0.2) is 51.7 Å². The van der Waals surface area contributed by atoms with Crippen LogP contribution < -0.4 is 16.4 Å². The Morgan fingerprint density at radius 2 is 1.66 bits per heavy atom. The molecular formula is C23H27N5O7. The number of unbranched alkanes of at least 4 members (excludes halogenated alkanes) is 2. The number of nitrogens with one attached hydrogen (secondary N) is 2. The molecule has 0 heterocycles. The van der Waals surface area contributed by atoms with Gasteiger partial charge in [-0.2, -0.15) is 5.11 Å². The maximum Gasteiger partial charge on any atom is 0.394 e. The summed E-state index contributed by atoms with van der Waals surface area (Å²) < 4.78 is 0. The summed E-state index contributed by atoms with van der Waals surface area (Å²) in [6.07, 6.45) is 2.38. The topological polar surface area (TPSA) is 204 Å². The van der Waals surface area contributed by atoms with Crippen LogP contribution in [0, 0.1) is 0 Å². The van der Waals surface area contributed by atoms with Gasteiger partial charge in [-0.1, -0.05) is 12.5 Å². The maximum atomic E-state index is 12.1. The quantitative estimate of drug-likeness (QED) is 0.149. The Morgan fingerprint density at radius 3 is 2.29 bits per heavy atom. The predicted octanol–water partition coefficient (Wildman–Crippen LogP) is 2.46. The average molecular weight is 485 g/mol. The Hall–Kier alpha value is -4.32. The molecule has 0 spiro atoms. The largest absolute Gasteiger partial charge is 0.506 e. The van der Waals surface area contributed by atoms with Crippen molar-refractivity contribution >= 4 is 40.8 Å². The van der Waals surface area contributed by atoms with Crippen LogP contribution in [0.2, 0.25) is 0 Å². The number of rotatable bonds is 12. The monoisotopic (exact) mass is 485 g/mol. The Bertz CT molecular complexity index is 1090. The zero-order chi connectivity index (χ0) is 25.8. The van der Waals surface area contributed by atoms with Crippen LogP contribution in [0.4, 0.5) is 17.1 Å². The number of carbonyl (C=O) groups excluding carboxylic acids is 2. The molecule has 2 aromatic carbocycles. The van der Waals surface area contributed by atoms with E-state index in [1.165, 1.54) is 42.5 Å². The van der Waals surface area contributed by atoms with E-state index in [1.54, 1.807) is 0 Å². The Morgan fingerprint density at radius 1 is 0.943 bits per heavy atom. The van der Waals surface area contributed by atoms with E-state index in [1.807, 2.05) is 0 Å². The summed E-state index contributed by atoms with van der Waals surface area (Å²) in [6, 6.07) is 9.00. The van der Waals surface area contributed by atoms with Crippen molar-refractivity contribution in [2.24, 2.45) is 16.0 Å². The van der Waals surface area contributed by atoms with Gasteiger partial charge in [-0.25, -0.2) is 9.59 Å². The van der Waals surface area contributed by atoms with E-state index in [9.17, 15) is 29.4 Å². The number of nitrogens with two attached hydrogens (primary N) is 1.